The van der Waals surface area contributed by atoms with E-state index in [4.69, 9.17) is 14.6 Å². The summed E-state index contributed by atoms with van der Waals surface area (Å²) >= 11 is 0. The highest BCUT2D eigenvalue weighted by atomic mass is 16.7. The van der Waals surface area contributed by atoms with Gasteiger partial charge in [-0.2, -0.15) is 0 Å². The van der Waals surface area contributed by atoms with Gasteiger partial charge in [0.05, 0.1) is 6.42 Å². The first-order valence-corrected chi connectivity index (χ1v) is 4.66. The van der Waals surface area contributed by atoms with Gasteiger partial charge in [0.2, 0.25) is 0 Å². The Labute approximate surface area is 89.4 Å². The highest BCUT2D eigenvalue weighted by molar-refractivity contribution is 5.69. The molecule has 0 aliphatic carbocycles. The van der Waals surface area contributed by atoms with Crippen LogP contribution in [-0.4, -0.2) is 28.4 Å². The van der Waals surface area contributed by atoms with Crippen molar-refractivity contribution in [2.75, 3.05) is 0 Å². The van der Waals surface area contributed by atoms with E-state index in [1.54, 1.807) is 20.8 Å². The van der Waals surface area contributed by atoms with Crippen molar-refractivity contribution in [1.29, 1.82) is 0 Å². The molecule has 0 aromatic carbocycles. The van der Waals surface area contributed by atoms with Gasteiger partial charge in [-0.15, -0.1) is 0 Å². The molecule has 0 unspecified atom stereocenters. The van der Waals surface area contributed by atoms with Gasteiger partial charge < -0.3 is 14.6 Å². The van der Waals surface area contributed by atoms with Gasteiger partial charge in [-0.3, -0.25) is 4.79 Å². The van der Waals surface area contributed by atoms with Crippen LogP contribution in [0.25, 0.3) is 0 Å². The third-order valence-corrected chi connectivity index (χ3v) is 1.33. The summed E-state index contributed by atoms with van der Waals surface area (Å²) in [5, 5.41) is 8.56. The van der Waals surface area contributed by atoms with Gasteiger partial charge in [0, 0.05) is 0 Å². The second-order valence-corrected chi connectivity index (χ2v) is 4.90. The molecule has 0 aromatic heterocycles. The zero-order chi connectivity index (χ0) is 12.3. The topological polar surface area (TPSA) is 72.8 Å². The fourth-order valence-electron chi connectivity index (χ4n) is 0.897. The Morgan fingerprint density at radius 1 is 1.07 bits per heavy atom. The molecule has 0 saturated carbocycles. The summed E-state index contributed by atoms with van der Waals surface area (Å²) in [4.78, 5) is 21.7. The molecule has 5 nitrogen and oxygen atoms in total. The van der Waals surface area contributed by atoms with Crippen LogP contribution >= 0.6 is 0 Å². The second-order valence-electron chi connectivity index (χ2n) is 4.90. The van der Waals surface area contributed by atoms with Crippen molar-refractivity contribution in [3.05, 3.63) is 0 Å². The maximum atomic E-state index is 11.2. The fraction of sp³-hybridized carbons (Fsp3) is 0.800. The summed E-state index contributed by atoms with van der Waals surface area (Å²) < 4.78 is 9.78. The van der Waals surface area contributed by atoms with Crippen LogP contribution in [0.2, 0.25) is 0 Å². The van der Waals surface area contributed by atoms with Crippen molar-refractivity contribution in [3.63, 3.8) is 0 Å². The summed E-state index contributed by atoms with van der Waals surface area (Å²) in [6.07, 6.45) is -1.11. The number of carbonyl (C=O) groups is 2. The molecular formula is C10H18O5. The first kappa shape index (κ1) is 13.7. The molecule has 0 heterocycles. The standard InChI is InChI=1S/C10H18O5/c1-9(2,3)14-8(13)15-10(4,5)6-7(11)12/h6H2,1-5H3,(H,11,12). The Kier molecular flexibility index (Phi) is 4.13. The Hall–Kier alpha value is -1.26. The van der Waals surface area contributed by atoms with E-state index in [-0.39, 0.29) is 6.42 Å². The van der Waals surface area contributed by atoms with Crippen LogP contribution in [0, 0.1) is 0 Å². The largest absolute Gasteiger partial charge is 0.509 e. The third-order valence-electron chi connectivity index (χ3n) is 1.33. The van der Waals surface area contributed by atoms with E-state index in [0.29, 0.717) is 0 Å². The van der Waals surface area contributed by atoms with E-state index in [2.05, 4.69) is 0 Å². The zero-order valence-electron chi connectivity index (χ0n) is 9.79. The van der Waals surface area contributed by atoms with Crippen molar-refractivity contribution < 1.29 is 24.2 Å². The number of hydrogen-bond acceptors (Lipinski definition) is 4. The SMILES string of the molecule is CC(C)(C)OC(=O)OC(C)(C)CC(=O)O. The Balaban J connectivity index is 4.22. The molecule has 0 fully saturated rings. The highest BCUT2D eigenvalue weighted by Gasteiger charge is 2.29. The normalized spacial score (nSPS) is 12.1. The van der Waals surface area contributed by atoms with Gasteiger partial charge in [0.1, 0.15) is 11.2 Å². The molecule has 1 N–H and O–H groups in total. The summed E-state index contributed by atoms with van der Waals surface area (Å²) in [5.74, 6) is -1.02. The minimum atomic E-state index is -1.06. The van der Waals surface area contributed by atoms with Gasteiger partial charge in [0.15, 0.2) is 0 Å². The zero-order valence-corrected chi connectivity index (χ0v) is 9.79. The molecule has 15 heavy (non-hydrogen) atoms. The molecule has 0 bridgehead atoms. The minimum Gasteiger partial charge on any atom is -0.481 e. The summed E-state index contributed by atoms with van der Waals surface area (Å²) in [6.45, 7) is 8.16. The average Bonchev–Trinajstić information content (AvgIpc) is 1.73. The fourth-order valence-corrected chi connectivity index (χ4v) is 0.897. The maximum Gasteiger partial charge on any atom is 0.509 e. The number of carboxylic acids is 1. The van der Waals surface area contributed by atoms with Crippen LogP contribution in [-0.2, 0) is 14.3 Å². The maximum absolute atomic E-state index is 11.2. The molecule has 0 aliphatic rings. The van der Waals surface area contributed by atoms with Gasteiger partial charge in [0.25, 0.3) is 0 Å². The first-order chi connectivity index (χ1) is 6.52. The van der Waals surface area contributed by atoms with Crippen molar-refractivity contribution in [1.82, 2.24) is 0 Å². The van der Waals surface area contributed by atoms with Gasteiger partial charge >= 0.3 is 12.1 Å². The van der Waals surface area contributed by atoms with Crippen molar-refractivity contribution in [2.24, 2.45) is 0 Å². The molecule has 0 radical (unpaired) electrons. The number of hydrogen-bond donors (Lipinski definition) is 1. The summed E-state index contributed by atoms with van der Waals surface area (Å²) in [6, 6.07) is 0. The lowest BCUT2D eigenvalue weighted by Crippen LogP contribution is -2.34. The van der Waals surface area contributed by atoms with E-state index < -0.39 is 23.3 Å². The van der Waals surface area contributed by atoms with E-state index in [1.807, 2.05) is 0 Å². The van der Waals surface area contributed by atoms with Gasteiger partial charge in [-0.1, -0.05) is 0 Å². The van der Waals surface area contributed by atoms with Crippen molar-refractivity contribution >= 4 is 12.1 Å². The molecule has 0 rings (SSSR count). The lowest BCUT2D eigenvalue weighted by Gasteiger charge is -2.26. The van der Waals surface area contributed by atoms with Crippen LogP contribution in [0.1, 0.15) is 41.0 Å². The first-order valence-electron chi connectivity index (χ1n) is 4.66. The molecule has 88 valence electrons. The molecule has 5 heteroatoms. The molecular weight excluding hydrogens is 200 g/mol. The Morgan fingerprint density at radius 2 is 1.53 bits per heavy atom. The molecule has 0 saturated heterocycles. The van der Waals surface area contributed by atoms with Crippen molar-refractivity contribution in [2.45, 2.75) is 52.2 Å². The number of carbonyl (C=O) groups excluding carboxylic acids is 1. The third kappa shape index (κ3) is 7.78. The lowest BCUT2D eigenvalue weighted by molar-refractivity contribution is -0.142. The molecule has 0 aliphatic heterocycles. The predicted molar refractivity (Wildman–Crippen MR) is 53.7 cm³/mol. The van der Waals surface area contributed by atoms with Crippen LogP contribution in [0.5, 0.6) is 0 Å². The Morgan fingerprint density at radius 3 is 1.87 bits per heavy atom. The number of aliphatic carboxylic acids is 1. The lowest BCUT2D eigenvalue weighted by atomic mass is 10.1. The summed E-state index contributed by atoms with van der Waals surface area (Å²) in [7, 11) is 0. The van der Waals surface area contributed by atoms with Crippen LogP contribution in [0.15, 0.2) is 0 Å². The minimum absolute atomic E-state index is 0.258. The molecule has 0 aromatic rings. The Bertz CT molecular complexity index is 249. The van der Waals surface area contributed by atoms with Gasteiger partial charge in [-0.05, 0) is 34.6 Å². The quantitative estimate of drug-likeness (QED) is 0.735. The van der Waals surface area contributed by atoms with Crippen LogP contribution < -0.4 is 0 Å². The molecule has 0 atom stereocenters. The number of rotatable bonds is 3. The molecule has 0 spiro atoms. The van der Waals surface area contributed by atoms with Gasteiger partial charge in [-0.25, -0.2) is 4.79 Å². The van der Waals surface area contributed by atoms with Crippen LogP contribution in [0.3, 0.4) is 0 Å². The van der Waals surface area contributed by atoms with E-state index >= 15 is 0 Å². The highest BCUT2D eigenvalue weighted by Crippen LogP contribution is 2.17. The number of carboxylic acid groups (broad SMARTS) is 1. The van der Waals surface area contributed by atoms with Crippen LogP contribution in [0.4, 0.5) is 4.79 Å². The number of ether oxygens (including phenoxy) is 2. The monoisotopic (exact) mass is 218 g/mol. The van der Waals surface area contributed by atoms with E-state index in [9.17, 15) is 9.59 Å². The molecule has 0 amide bonds. The second kappa shape index (κ2) is 4.51. The average molecular weight is 218 g/mol. The predicted octanol–water partition coefficient (Wildman–Crippen LogP) is 2.19. The van der Waals surface area contributed by atoms with E-state index in [0.717, 1.165) is 0 Å². The summed E-state index contributed by atoms with van der Waals surface area (Å²) in [5.41, 5.74) is -1.70. The van der Waals surface area contributed by atoms with Crippen molar-refractivity contribution in [3.8, 4) is 0 Å². The van der Waals surface area contributed by atoms with E-state index in [1.165, 1.54) is 13.8 Å². The smallest absolute Gasteiger partial charge is 0.481 e.